The lowest BCUT2D eigenvalue weighted by molar-refractivity contribution is -0.117. The summed E-state index contributed by atoms with van der Waals surface area (Å²) in [6.45, 7) is 3.61. The molecule has 1 aromatic carbocycles. The molecule has 2 rings (SSSR count). The van der Waals surface area contributed by atoms with Crippen LogP contribution in [0.3, 0.4) is 0 Å². The van der Waals surface area contributed by atoms with E-state index in [0.717, 1.165) is 30.2 Å². The second-order valence-corrected chi connectivity index (χ2v) is 5.27. The van der Waals surface area contributed by atoms with Crippen LogP contribution in [0.25, 0.3) is 0 Å². The molecule has 0 unspecified atom stereocenters. The fraction of sp³-hybridized carbons (Fsp3) is 0.467. The number of hydrogen-bond donors (Lipinski definition) is 1. The highest BCUT2D eigenvalue weighted by Gasteiger charge is 2.12. The molecule has 23 heavy (non-hydrogen) atoms. The Morgan fingerprint density at radius 1 is 1.35 bits per heavy atom. The average Bonchev–Trinajstić information content (AvgIpc) is 2.95. The number of anilines is 1. The van der Waals surface area contributed by atoms with Crippen LogP contribution in [0.5, 0.6) is 5.75 Å². The topological polar surface area (TPSA) is 85.2 Å². The van der Waals surface area contributed by atoms with E-state index in [2.05, 4.69) is 27.8 Å². The van der Waals surface area contributed by atoms with E-state index in [1.54, 1.807) is 36.1 Å². The molecule has 0 spiro atoms. The molecule has 0 radical (unpaired) electrons. The Labute approximate surface area is 135 Å². The van der Waals surface area contributed by atoms with Crippen LogP contribution in [-0.2, 0) is 17.9 Å². The maximum atomic E-state index is 12.1. The zero-order chi connectivity index (χ0) is 16.7. The Morgan fingerprint density at radius 3 is 2.74 bits per heavy atom. The fourth-order valence-corrected chi connectivity index (χ4v) is 2.14. The predicted molar refractivity (Wildman–Crippen MR) is 86.1 cm³/mol. The van der Waals surface area contributed by atoms with Crippen LogP contribution in [0.2, 0.25) is 0 Å². The summed E-state index contributed by atoms with van der Waals surface area (Å²) in [5, 5.41) is 14.5. The van der Waals surface area contributed by atoms with Gasteiger partial charge in [-0.15, -0.1) is 5.10 Å². The third-order valence-electron chi connectivity index (χ3n) is 3.24. The van der Waals surface area contributed by atoms with Gasteiger partial charge in [-0.25, -0.2) is 4.68 Å². The molecule has 0 aliphatic heterocycles. The first-order valence-electron chi connectivity index (χ1n) is 7.50. The van der Waals surface area contributed by atoms with Gasteiger partial charge in [-0.3, -0.25) is 9.69 Å². The van der Waals surface area contributed by atoms with E-state index in [4.69, 9.17) is 4.74 Å². The summed E-state index contributed by atoms with van der Waals surface area (Å²) in [4.78, 5) is 13.9. The van der Waals surface area contributed by atoms with Gasteiger partial charge >= 0.3 is 0 Å². The monoisotopic (exact) mass is 318 g/mol. The molecule has 124 valence electrons. The number of likely N-dealkylation sites (N-methyl/N-ethyl adjacent to an activating group) is 1. The normalized spacial score (nSPS) is 10.8. The molecule has 1 heterocycles. The van der Waals surface area contributed by atoms with E-state index in [9.17, 15) is 4.79 Å². The SMILES string of the molecule is CCCn1nnnc1CN(C)CC(=O)Nc1ccc(OC)cc1. The summed E-state index contributed by atoms with van der Waals surface area (Å²) in [5.74, 6) is 1.42. The maximum Gasteiger partial charge on any atom is 0.238 e. The van der Waals surface area contributed by atoms with Gasteiger partial charge in [0.1, 0.15) is 5.75 Å². The van der Waals surface area contributed by atoms with Crippen molar-refractivity contribution in [1.82, 2.24) is 25.1 Å². The molecule has 1 aromatic heterocycles. The first-order valence-corrected chi connectivity index (χ1v) is 7.50. The minimum absolute atomic E-state index is 0.0906. The van der Waals surface area contributed by atoms with Gasteiger partial charge in [0.15, 0.2) is 5.82 Å². The Kier molecular flexibility index (Phi) is 6.04. The van der Waals surface area contributed by atoms with Crippen LogP contribution in [0.1, 0.15) is 19.2 Å². The third-order valence-corrected chi connectivity index (χ3v) is 3.24. The Balaban J connectivity index is 1.85. The number of tetrazole rings is 1. The lowest BCUT2D eigenvalue weighted by Gasteiger charge is -2.15. The number of carbonyl (C=O) groups is 1. The number of hydrogen-bond acceptors (Lipinski definition) is 6. The third kappa shape index (κ3) is 5.03. The van der Waals surface area contributed by atoms with Gasteiger partial charge < -0.3 is 10.1 Å². The number of methoxy groups -OCH3 is 1. The molecule has 8 nitrogen and oxygen atoms in total. The molecule has 0 saturated carbocycles. The molecular weight excluding hydrogens is 296 g/mol. The first-order chi connectivity index (χ1) is 11.1. The van der Waals surface area contributed by atoms with E-state index >= 15 is 0 Å². The Morgan fingerprint density at radius 2 is 2.09 bits per heavy atom. The number of rotatable bonds is 8. The smallest absolute Gasteiger partial charge is 0.238 e. The molecule has 2 aromatic rings. The molecule has 0 fully saturated rings. The Bertz CT molecular complexity index is 625. The van der Waals surface area contributed by atoms with Crippen molar-refractivity contribution in [2.24, 2.45) is 0 Å². The second-order valence-electron chi connectivity index (χ2n) is 5.27. The number of amides is 1. The lowest BCUT2D eigenvalue weighted by Crippen LogP contribution is -2.30. The fourth-order valence-electron chi connectivity index (χ4n) is 2.14. The van der Waals surface area contributed by atoms with Gasteiger partial charge in [0.2, 0.25) is 5.91 Å². The van der Waals surface area contributed by atoms with E-state index in [1.165, 1.54) is 0 Å². The van der Waals surface area contributed by atoms with Crippen LogP contribution < -0.4 is 10.1 Å². The van der Waals surface area contributed by atoms with Crippen LogP contribution in [0, 0.1) is 0 Å². The molecule has 0 saturated heterocycles. The zero-order valence-corrected chi connectivity index (χ0v) is 13.7. The minimum atomic E-state index is -0.0906. The largest absolute Gasteiger partial charge is 0.497 e. The number of nitrogens with zero attached hydrogens (tertiary/aromatic N) is 5. The van der Waals surface area contributed by atoms with Crippen molar-refractivity contribution >= 4 is 11.6 Å². The molecule has 0 bridgehead atoms. The van der Waals surface area contributed by atoms with Crippen molar-refractivity contribution in [1.29, 1.82) is 0 Å². The van der Waals surface area contributed by atoms with Gasteiger partial charge in [-0.2, -0.15) is 0 Å². The van der Waals surface area contributed by atoms with Crippen molar-refractivity contribution in [3.63, 3.8) is 0 Å². The van der Waals surface area contributed by atoms with Crippen molar-refractivity contribution in [3.8, 4) is 5.75 Å². The standard InChI is InChI=1S/C15H22N6O2/c1-4-9-21-14(17-18-19-21)10-20(2)11-15(22)16-12-5-7-13(23-3)8-6-12/h5-8H,4,9-11H2,1-3H3,(H,16,22). The summed E-state index contributed by atoms with van der Waals surface area (Å²) >= 11 is 0. The molecule has 1 N–H and O–H groups in total. The zero-order valence-electron chi connectivity index (χ0n) is 13.7. The predicted octanol–water partition coefficient (Wildman–Crippen LogP) is 1.16. The van der Waals surface area contributed by atoms with Crippen LogP contribution >= 0.6 is 0 Å². The summed E-state index contributed by atoms with van der Waals surface area (Å²) in [6, 6.07) is 7.22. The lowest BCUT2D eigenvalue weighted by atomic mass is 10.3. The van der Waals surface area contributed by atoms with E-state index < -0.39 is 0 Å². The van der Waals surface area contributed by atoms with Crippen LogP contribution in [0.4, 0.5) is 5.69 Å². The highest BCUT2D eigenvalue weighted by Crippen LogP contribution is 2.14. The van der Waals surface area contributed by atoms with Gasteiger partial charge in [0.05, 0.1) is 20.2 Å². The molecule has 0 atom stereocenters. The number of aromatic nitrogens is 4. The summed E-state index contributed by atoms with van der Waals surface area (Å²) in [7, 11) is 3.47. The number of nitrogens with one attached hydrogen (secondary N) is 1. The number of aryl methyl sites for hydroxylation is 1. The van der Waals surface area contributed by atoms with Crippen molar-refractivity contribution in [3.05, 3.63) is 30.1 Å². The minimum Gasteiger partial charge on any atom is -0.497 e. The maximum absolute atomic E-state index is 12.1. The van der Waals surface area contributed by atoms with Crippen molar-refractivity contribution < 1.29 is 9.53 Å². The molecule has 8 heteroatoms. The molecule has 0 aliphatic rings. The summed E-state index contributed by atoms with van der Waals surface area (Å²) in [5.41, 5.74) is 0.736. The van der Waals surface area contributed by atoms with Crippen molar-refractivity contribution in [2.45, 2.75) is 26.4 Å². The van der Waals surface area contributed by atoms with Gasteiger partial charge in [0.25, 0.3) is 0 Å². The van der Waals surface area contributed by atoms with Crippen LogP contribution in [0.15, 0.2) is 24.3 Å². The van der Waals surface area contributed by atoms with Crippen molar-refractivity contribution in [2.75, 3.05) is 26.0 Å². The number of benzene rings is 1. The Hall–Kier alpha value is -2.48. The van der Waals surface area contributed by atoms with Gasteiger partial charge in [-0.05, 0) is 48.2 Å². The quantitative estimate of drug-likeness (QED) is 0.786. The number of carbonyl (C=O) groups excluding carboxylic acids is 1. The highest BCUT2D eigenvalue weighted by molar-refractivity contribution is 5.92. The molecular formula is C15H22N6O2. The summed E-state index contributed by atoms with van der Waals surface area (Å²) < 4.78 is 6.85. The van der Waals surface area contributed by atoms with E-state index in [-0.39, 0.29) is 12.5 Å². The molecule has 0 aliphatic carbocycles. The first kappa shape index (κ1) is 16.9. The van der Waals surface area contributed by atoms with Crippen LogP contribution in [-0.4, -0.2) is 51.7 Å². The van der Waals surface area contributed by atoms with Gasteiger partial charge in [-0.1, -0.05) is 6.92 Å². The van der Waals surface area contributed by atoms with E-state index in [0.29, 0.717) is 6.54 Å². The number of ether oxygens (including phenoxy) is 1. The van der Waals surface area contributed by atoms with Gasteiger partial charge in [0, 0.05) is 12.2 Å². The molecule has 1 amide bonds. The summed E-state index contributed by atoms with van der Waals surface area (Å²) in [6.07, 6.45) is 0.958. The average molecular weight is 318 g/mol. The highest BCUT2D eigenvalue weighted by atomic mass is 16.5. The van der Waals surface area contributed by atoms with E-state index in [1.807, 2.05) is 11.9 Å². The second kappa shape index (κ2) is 8.23.